The summed E-state index contributed by atoms with van der Waals surface area (Å²) in [6.07, 6.45) is 3.45. The topological polar surface area (TPSA) is 32.3 Å². The van der Waals surface area contributed by atoms with Crippen LogP contribution in [-0.4, -0.2) is 36.1 Å². The van der Waals surface area contributed by atoms with E-state index in [2.05, 4.69) is 26.7 Å². The molecule has 7 heteroatoms. The second kappa shape index (κ2) is 7.16. The monoisotopic (exact) mass is 416 g/mol. The van der Waals surface area contributed by atoms with Crippen LogP contribution in [0.25, 0.3) is 10.2 Å². The predicted octanol–water partition coefficient (Wildman–Crippen LogP) is 4.94. The first-order valence-corrected chi connectivity index (χ1v) is 11.0. The first-order valence-electron chi connectivity index (χ1n) is 9.82. The average Bonchev–Trinajstić information content (AvgIpc) is 3.05. The van der Waals surface area contributed by atoms with E-state index < -0.39 is 0 Å². The Hall–Kier alpha value is -1.92. The van der Waals surface area contributed by atoms with E-state index in [4.69, 9.17) is 11.6 Å². The van der Waals surface area contributed by atoms with Gasteiger partial charge in [0, 0.05) is 36.7 Å². The van der Waals surface area contributed by atoms with Gasteiger partial charge in [-0.15, -0.1) is 11.3 Å². The van der Waals surface area contributed by atoms with Crippen LogP contribution >= 0.6 is 22.9 Å². The maximum absolute atomic E-state index is 13.2. The number of thiophene rings is 1. The quantitative estimate of drug-likeness (QED) is 0.554. The summed E-state index contributed by atoms with van der Waals surface area (Å²) < 4.78 is 13.2. The normalized spacial score (nSPS) is 19.9. The molecule has 0 radical (unpaired) electrons. The summed E-state index contributed by atoms with van der Waals surface area (Å²) >= 11 is 8.07. The van der Waals surface area contributed by atoms with Gasteiger partial charge in [-0.25, -0.2) is 9.37 Å². The lowest BCUT2D eigenvalue weighted by atomic mass is 9.89. The van der Waals surface area contributed by atoms with Crippen LogP contribution < -0.4 is 9.80 Å². The molecule has 3 heterocycles. The fraction of sp³-hybridized carbons (Fsp3) is 0.429. The van der Waals surface area contributed by atoms with Crippen LogP contribution in [0, 0.1) is 11.7 Å². The Labute approximate surface area is 173 Å². The highest BCUT2D eigenvalue weighted by Gasteiger charge is 2.27. The van der Waals surface area contributed by atoms with Crippen molar-refractivity contribution in [2.75, 3.05) is 36.0 Å². The third-order valence-electron chi connectivity index (χ3n) is 5.88. The van der Waals surface area contributed by atoms with Crippen molar-refractivity contribution in [3.8, 4) is 0 Å². The van der Waals surface area contributed by atoms with Gasteiger partial charge < -0.3 is 9.80 Å². The van der Waals surface area contributed by atoms with Crippen LogP contribution in [0.2, 0.25) is 5.28 Å². The molecule has 1 aromatic carbocycles. The number of hydrogen-bond donors (Lipinski definition) is 0. The molecular weight excluding hydrogens is 395 g/mol. The van der Waals surface area contributed by atoms with E-state index in [1.165, 1.54) is 34.4 Å². The van der Waals surface area contributed by atoms with Crippen molar-refractivity contribution in [1.82, 2.24) is 9.97 Å². The summed E-state index contributed by atoms with van der Waals surface area (Å²) in [6, 6.07) is 6.74. The largest absolute Gasteiger partial charge is 0.368 e. The molecule has 28 heavy (non-hydrogen) atoms. The summed E-state index contributed by atoms with van der Waals surface area (Å²) in [4.78, 5) is 16.3. The molecule has 1 unspecified atom stereocenters. The van der Waals surface area contributed by atoms with Gasteiger partial charge in [0.2, 0.25) is 5.28 Å². The van der Waals surface area contributed by atoms with Crippen LogP contribution in [0.5, 0.6) is 0 Å². The molecule has 5 rings (SSSR count). The number of benzene rings is 1. The molecule has 4 nitrogen and oxygen atoms in total. The zero-order chi connectivity index (χ0) is 19.3. The summed E-state index contributed by atoms with van der Waals surface area (Å²) in [5.41, 5.74) is 2.50. The summed E-state index contributed by atoms with van der Waals surface area (Å²) in [5.74, 6) is 1.52. The highest BCUT2D eigenvalue weighted by Crippen LogP contribution is 2.41. The van der Waals surface area contributed by atoms with E-state index in [1.807, 2.05) is 12.1 Å². The van der Waals surface area contributed by atoms with Gasteiger partial charge in [-0.05, 0) is 66.6 Å². The van der Waals surface area contributed by atoms with Crippen molar-refractivity contribution in [1.29, 1.82) is 0 Å². The second-order valence-electron chi connectivity index (χ2n) is 7.80. The van der Waals surface area contributed by atoms with Gasteiger partial charge in [-0.3, -0.25) is 0 Å². The van der Waals surface area contributed by atoms with E-state index >= 15 is 0 Å². The number of halogens is 2. The maximum atomic E-state index is 13.2. The Kier molecular flexibility index (Phi) is 4.63. The summed E-state index contributed by atoms with van der Waals surface area (Å²) in [5, 5.41) is 1.54. The molecule has 2 aliphatic rings. The number of nitrogens with zero attached hydrogens (tertiary/aromatic N) is 4. The van der Waals surface area contributed by atoms with Gasteiger partial charge in [-0.1, -0.05) is 6.92 Å². The molecule has 146 valence electrons. The summed E-state index contributed by atoms with van der Waals surface area (Å²) in [7, 11) is 0. The Morgan fingerprint density at radius 1 is 1.07 bits per heavy atom. The minimum atomic E-state index is -0.197. The van der Waals surface area contributed by atoms with Crippen LogP contribution in [-0.2, 0) is 12.8 Å². The molecule has 1 aliphatic heterocycles. The predicted molar refractivity (Wildman–Crippen MR) is 114 cm³/mol. The van der Waals surface area contributed by atoms with E-state index in [9.17, 15) is 4.39 Å². The Morgan fingerprint density at radius 2 is 1.79 bits per heavy atom. The molecule has 1 saturated heterocycles. The fourth-order valence-electron chi connectivity index (χ4n) is 4.35. The lowest BCUT2D eigenvalue weighted by Crippen LogP contribution is -2.47. The third-order valence-corrected chi connectivity index (χ3v) is 7.20. The molecule has 0 saturated carbocycles. The van der Waals surface area contributed by atoms with E-state index in [1.54, 1.807) is 11.3 Å². The minimum absolute atomic E-state index is 0.197. The Bertz CT molecular complexity index is 1010. The van der Waals surface area contributed by atoms with Crippen molar-refractivity contribution < 1.29 is 4.39 Å². The van der Waals surface area contributed by atoms with Crippen molar-refractivity contribution in [2.24, 2.45) is 5.92 Å². The first kappa shape index (κ1) is 18.1. The number of aryl methyl sites for hydroxylation is 1. The third kappa shape index (κ3) is 3.22. The van der Waals surface area contributed by atoms with Gasteiger partial charge in [0.25, 0.3) is 0 Å². The van der Waals surface area contributed by atoms with Crippen LogP contribution in [0.4, 0.5) is 15.9 Å². The zero-order valence-corrected chi connectivity index (χ0v) is 17.4. The van der Waals surface area contributed by atoms with E-state index in [0.29, 0.717) is 5.28 Å². The van der Waals surface area contributed by atoms with Crippen LogP contribution in [0.3, 0.4) is 0 Å². The van der Waals surface area contributed by atoms with Crippen molar-refractivity contribution in [3.63, 3.8) is 0 Å². The molecular formula is C21H22ClFN4S. The van der Waals surface area contributed by atoms with Gasteiger partial charge in [0.15, 0.2) is 0 Å². The van der Waals surface area contributed by atoms with Gasteiger partial charge in [-0.2, -0.15) is 4.98 Å². The number of anilines is 2. The molecule has 1 aliphatic carbocycles. The molecule has 0 bridgehead atoms. The molecule has 0 N–H and O–H groups in total. The molecule has 2 aromatic heterocycles. The number of hydrogen-bond acceptors (Lipinski definition) is 5. The Morgan fingerprint density at radius 3 is 2.54 bits per heavy atom. The van der Waals surface area contributed by atoms with Crippen molar-refractivity contribution in [2.45, 2.75) is 26.2 Å². The van der Waals surface area contributed by atoms with E-state index in [0.717, 1.165) is 61.3 Å². The van der Waals surface area contributed by atoms with Gasteiger partial charge >= 0.3 is 0 Å². The Balaban J connectivity index is 1.44. The van der Waals surface area contributed by atoms with Gasteiger partial charge in [0.05, 0.1) is 5.39 Å². The molecule has 3 aromatic rings. The average molecular weight is 417 g/mol. The van der Waals surface area contributed by atoms with Gasteiger partial charge in [0.1, 0.15) is 16.5 Å². The SMILES string of the molecule is CC1CCc2c(sc3nc(Cl)nc(N4CCN(c5ccc(F)cc5)CC4)c23)C1. The highest BCUT2D eigenvalue weighted by atomic mass is 35.5. The molecule has 0 spiro atoms. The number of aromatic nitrogens is 2. The number of piperazine rings is 1. The molecule has 1 atom stereocenters. The minimum Gasteiger partial charge on any atom is -0.368 e. The van der Waals surface area contributed by atoms with Crippen LogP contribution in [0.1, 0.15) is 23.8 Å². The lowest BCUT2D eigenvalue weighted by Gasteiger charge is -2.37. The van der Waals surface area contributed by atoms with Crippen molar-refractivity contribution >= 4 is 44.7 Å². The highest BCUT2D eigenvalue weighted by molar-refractivity contribution is 7.19. The first-order chi connectivity index (χ1) is 13.6. The van der Waals surface area contributed by atoms with Crippen LogP contribution in [0.15, 0.2) is 24.3 Å². The lowest BCUT2D eigenvalue weighted by molar-refractivity contribution is 0.509. The standard InChI is InChI=1S/C21H22ClFN4S/c1-13-2-7-16-17(12-13)28-20-18(16)19(24-21(22)25-20)27-10-8-26(9-11-27)15-5-3-14(23)4-6-15/h3-6,13H,2,7-12H2,1H3. The number of rotatable bonds is 2. The number of fused-ring (bicyclic) bond motifs is 3. The maximum Gasteiger partial charge on any atom is 0.225 e. The second-order valence-corrected chi connectivity index (χ2v) is 9.22. The smallest absolute Gasteiger partial charge is 0.225 e. The van der Waals surface area contributed by atoms with Crippen molar-refractivity contribution in [3.05, 3.63) is 45.8 Å². The molecule has 1 fully saturated rings. The van der Waals surface area contributed by atoms with E-state index in [-0.39, 0.29) is 5.82 Å². The zero-order valence-electron chi connectivity index (χ0n) is 15.8. The summed E-state index contributed by atoms with van der Waals surface area (Å²) in [6.45, 7) is 5.79. The fourth-order valence-corrected chi connectivity index (χ4v) is 5.95. The molecule has 0 amide bonds.